The van der Waals surface area contributed by atoms with E-state index >= 15 is 0 Å². The Morgan fingerprint density at radius 1 is 0.500 bits per heavy atom. The Kier molecular flexibility index (Phi) is 12.5. The Hall–Kier alpha value is -2.62. The third-order valence-corrected chi connectivity index (χ3v) is 8.12. The van der Waals surface area contributed by atoms with Crippen molar-refractivity contribution in [2.75, 3.05) is 13.2 Å². The van der Waals surface area contributed by atoms with Gasteiger partial charge in [-0.3, -0.25) is 0 Å². The number of unbranched alkanes of at least 4 members (excludes halogenated alkanes) is 1. The first-order valence-electron chi connectivity index (χ1n) is 16.8. The maximum atomic E-state index is 13.6. The highest BCUT2D eigenvalue weighted by Gasteiger charge is 2.32. The predicted molar refractivity (Wildman–Crippen MR) is 185 cm³/mol. The summed E-state index contributed by atoms with van der Waals surface area (Å²) in [7, 11) is 0. The van der Waals surface area contributed by atoms with Gasteiger partial charge < -0.3 is 9.47 Å². The van der Waals surface area contributed by atoms with Crippen molar-refractivity contribution in [1.82, 2.24) is 0 Å². The van der Waals surface area contributed by atoms with Crippen LogP contribution in [-0.4, -0.2) is 25.2 Å². The molecule has 0 saturated carbocycles. The van der Waals surface area contributed by atoms with Crippen molar-refractivity contribution in [3.63, 3.8) is 0 Å². The molecule has 4 nitrogen and oxygen atoms in total. The number of ether oxygens (including phenoxy) is 2. The van der Waals surface area contributed by atoms with Crippen molar-refractivity contribution in [1.29, 1.82) is 0 Å². The summed E-state index contributed by atoms with van der Waals surface area (Å²) < 4.78 is 11.8. The van der Waals surface area contributed by atoms with Gasteiger partial charge in [0.15, 0.2) is 0 Å². The van der Waals surface area contributed by atoms with Gasteiger partial charge in [-0.15, -0.1) is 0 Å². The van der Waals surface area contributed by atoms with Gasteiger partial charge in [-0.25, -0.2) is 9.59 Å². The number of aryl methyl sites for hydroxylation is 2. The normalized spacial score (nSPS) is 12.8. The number of hydrogen-bond donors (Lipinski definition) is 0. The van der Waals surface area contributed by atoms with E-state index in [1.807, 2.05) is 0 Å². The van der Waals surface area contributed by atoms with E-state index < -0.39 is 0 Å². The van der Waals surface area contributed by atoms with Crippen molar-refractivity contribution < 1.29 is 19.1 Å². The zero-order chi connectivity index (χ0) is 33.7. The van der Waals surface area contributed by atoms with E-state index in [0.29, 0.717) is 24.0 Å². The molecular formula is C40H62O4. The predicted octanol–water partition coefficient (Wildman–Crippen LogP) is 10.6. The van der Waals surface area contributed by atoms with Crippen LogP contribution in [0.5, 0.6) is 0 Å². The van der Waals surface area contributed by atoms with Crippen LogP contribution in [0.15, 0.2) is 24.3 Å². The number of carbonyl (C=O) groups is 2. The highest BCUT2D eigenvalue weighted by atomic mass is 16.5. The fourth-order valence-corrected chi connectivity index (χ4v) is 5.75. The molecule has 0 aliphatic rings. The quantitative estimate of drug-likeness (QED) is 0.189. The van der Waals surface area contributed by atoms with Gasteiger partial charge in [0.25, 0.3) is 0 Å². The van der Waals surface area contributed by atoms with Crippen LogP contribution in [0.4, 0.5) is 0 Å². The van der Waals surface area contributed by atoms with Crippen LogP contribution in [0.2, 0.25) is 0 Å². The second kappa shape index (κ2) is 14.6. The molecule has 0 amide bonds. The summed E-state index contributed by atoms with van der Waals surface area (Å²) >= 11 is 0. The minimum atomic E-state index is -0.267. The van der Waals surface area contributed by atoms with Gasteiger partial charge >= 0.3 is 11.9 Å². The van der Waals surface area contributed by atoms with Gasteiger partial charge in [0.2, 0.25) is 0 Å². The average molecular weight is 607 g/mol. The first-order valence-corrected chi connectivity index (χ1v) is 16.8. The van der Waals surface area contributed by atoms with E-state index in [4.69, 9.17) is 9.47 Å². The van der Waals surface area contributed by atoms with Gasteiger partial charge in [-0.2, -0.15) is 0 Å². The van der Waals surface area contributed by atoms with E-state index in [-0.39, 0.29) is 46.8 Å². The molecule has 2 aromatic carbocycles. The largest absolute Gasteiger partial charge is 0.462 e. The number of benzene rings is 2. The van der Waals surface area contributed by atoms with Crippen molar-refractivity contribution in [2.24, 2.45) is 0 Å². The van der Waals surface area contributed by atoms with Crippen molar-refractivity contribution in [3.05, 3.63) is 68.8 Å². The SMILES string of the molecule is CCCc1cc(C(C)(C)C)c(C(=O)OCCCCOC(=O)c2c(C(C)(C)C)cc(CCC)cc2C(C)(C)C)c(C(C)(C)C)c1. The lowest BCUT2D eigenvalue weighted by Gasteiger charge is -2.30. The zero-order valence-electron chi connectivity index (χ0n) is 30.6. The number of hydrogen-bond acceptors (Lipinski definition) is 4. The molecule has 246 valence electrons. The third kappa shape index (κ3) is 9.94. The minimum absolute atomic E-state index is 0.196. The molecule has 0 atom stereocenters. The number of esters is 2. The highest BCUT2D eigenvalue weighted by Crippen LogP contribution is 2.37. The van der Waals surface area contributed by atoms with E-state index in [1.54, 1.807) is 0 Å². The lowest BCUT2D eigenvalue weighted by atomic mass is 9.75. The Bertz CT molecular complexity index is 1120. The van der Waals surface area contributed by atoms with E-state index in [2.05, 4.69) is 121 Å². The maximum Gasteiger partial charge on any atom is 0.338 e. The molecule has 4 heteroatoms. The molecule has 0 fully saturated rings. The molecule has 0 aliphatic carbocycles. The molecule has 0 aliphatic heterocycles. The summed E-state index contributed by atoms with van der Waals surface area (Å²) in [5.74, 6) is -0.534. The third-order valence-electron chi connectivity index (χ3n) is 8.12. The average Bonchev–Trinajstić information content (AvgIpc) is 2.87. The summed E-state index contributed by atoms with van der Waals surface area (Å²) in [5, 5.41) is 0. The van der Waals surface area contributed by atoms with Crippen LogP contribution in [0.1, 0.15) is 177 Å². The molecule has 2 aromatic rings. The standard InChI is InChI=1S/C40H62O4/c1-15-19-27-23-29(37(3,4)5)33(30(24-27)38(6,7)8)35(41)43-21-17-18-22-44-36(42)34-31(39(9,10)11)25-28(20-16-2)26-32(34)40(12,13)14/h23-26H,15-22H2,1-14H3. The van der Waals surface area contributed by atoms with Crippen LogP contribution in [0.25, 0.3) is 0 Å². The second-order valence-corrected chi connectivity index (χ2v) is 16.6. The van der Waals surface area contributed by atoms with Crippen molar-refractivity contribution in [3.8, 4) is 0 Å². The van der Waals surface area contributed by atoms with Gasteiger partial charge in [-0.05, 0) is 80.7 Å². The lowest BCUT2D eigenvalue weighted by Crippen LogP contribution is -2.26. The van der Waals surface area contributed by atoms with E-state index in [9.17, 15) is 9.59 Å². The first-order chi connectivity index (χ1) is 20.1. The second-order valence-electron chi connectivity index (χ2n) is 16.6. The van der Waals surface area contributed by atoms with Crippen molar-refractivity contribution >= 4 is 11.9 Å². The Morgan fingerprint density at radius 3 is 0.955 bits per heavy atom. The van der Waals surface area contributed by atoms with Gasteiger partial charge in [0, 0.05) is 0 Å². The molecule has 0 bridgehead atoms. The maximum absolute atomic E-state index is 13.6. The molecule has 0 aromatic heterocycles. The molecule has 0 N–H and O–H groups in total. The van der Waals surface area contributed by atoms with Crippen LogP contribution >= 0.6 is 0 Å². The van der Waals surface area contributed by atoms with Gasteiger partial charge in [0.05, 0.1) is 24.3 Å². The van der Waals surface area contributed by atoms with Gasteiger partial charge in [0.1, 0.15) is 0 Å². The molecule has 0 unspecified atom stereocenters. The van der Waals surface area contributed by atoms with Crippen LogP contribution in [-0.2, 0) is 44.0 Å². The number of carbonyl (C=O) groups excluding carboxylic acids is 2. The van der Waals surface area contributed by atoms with Crippen LogP contribution < -0.4 is 0 Å². The Labute approximate surface area is 269 Å². The summed E-state index contributed by atoms with van der Waals surface area (Å²) in [6.07, 6.45) is 5.32. The highest BCUT2D eigenvalue weighted by molar-refractivity contribution is 5.94. The molecular weight excluding hydrogens is 544 g/mol. The molecule has 2 rings (SSSR count). The fourth-order valence-electron chi connectivity index (χ4n) is 5.75. The molecule has 0 radical (unpaired) electrons. The fraction of sp³-hybridized carbons (Fsp3) is 0.650. The van der Waals surface area contributed by atoms with E-state index in [1.165, 1.54) is 11.1 Å². The first kappa shape index (κ1) is 37.6. The Balaban J connectivity index is 2.18. The smallest absolute Gasteiger partial charge is 0.338 e. The van der Waals surface area contributed by atoms with Crippen LogP contribution in [0.3, 0.4) is 0 Å². The van der Waals surface area contributed by atoms with E-state index in [0.717, 1.165) is 47.9 Å². The van der Waals surface area contributed by atoms with Gasteiger partial charge in [-0.1, -0.05) is 134 Å². The summed E-state index contributed by atoms with van der Waals surface area (Å²) in [4.78, 5) is 27.2. The molecule has 0 spiro atoms. The molecule has 0 saturated heterocycles. The number of rotatable bonds is 11. The topological polar surface area (TPSA) is 52.6 Å². The Morgan fingerprint density at radius 2 is 0.750 bits per heavy atom. The van der Waals surface area contributed by atoms with Crippen LogP contribution in [0, 0.1) is 0 Å². The zero-order valence-corrected chi connectivity index (χ0v) is 30.6. The lowest BCUT2D eigenvalue weighted by molar-refractivity contribution is 0.0427. The molecule has 44 heavy (non-hydrogen) atoms. The van der Waals surface area contributed by atoms with Crippen molar-refractivity contribution in [2.45, 2.75) is 157 Å². The summed E-state index contributed by atoms with van der Waals surface area (Å²) in [6, 6.07) is 8.78. The monoisotopic (exact) mass is 606 g/mol. The molecule has 0 heterocycles. The minimum Gasteiger partial charge on any atom is -0.462 e. The summed E-state index contributed by atoms with van der Waals surface area (Å²) in [5.41, 5.74) is 7.33. The summed E-state index contributed by atoms with van der Waals surface area (Å²) in [6.45, 7) is 30.8.